The van der Waals surface area contributed by atoms with Crippen molar-refractivity contribution in [3.05, 3.63) is 113 Å². The van der Waals surface area contributed by atoms with Crippen LogP contribution in [-0.4, -0.2) is 48.7 Å². The number of hydrogen-bond acceptors (Lipinski definition) is 6. The Morgan fingerprint density at radius 1 is 0.838 bits per heavy atom. The van der Waals surface area contributed by atoms with E-state index in [2.05, 4.69) is 5.10 Å². The van der Waals surface area contributed by atoms with Crippen LogP contribution in [0.5, 0.6) is 5.75 Å². The molecule has 1 saturated heterocycles. The van der Waals surface area contributed by atoms with Crippen molar-refractivity contribution in [2.45, 2.75) is 11.5 Å². The molecule has 1 aliphatic rings. The largest absolute Gasteiger partial charge is 0.481 e. The van der Waals surface area contributed by atoms with Gasteiger partial charge in [0.25, 0.3) is 0 Å². The second kappa shape index (κ2) is 10.5. The molecule has 190 valence electrons. The summed E-state index contributed by atoms with van der Waals surface area (Å²) in [5.74, 6) is -0.259. The van der Waals surface area contributed by atoms with E-state index < -0.39 is 15.6 Å². The van der Waals surface area contributed by atoms with Gasteiger partial charge in [0, 0.05) is 26.2 Å². The van der Waals surface area contributed by atoms with E-state index in [4.69, 9.17) is 4.74 Å². The third-order valence-electron chi connectivity index (χ3n) is 6.17. The molecule has 0 radical (unpaired) electrons. The molecule has 0 aliphatic carbocycles. The van der Waals surface area contributed by atoms with Crippen molar-refractivity contribution in [2.75, 3.05) is 31.1 Å². The molecule has 2 heterocycles. The summed E-state index contributed by atoms with van der Waals surface area (Å²) in [5, 5.41) is 4.37. The number of benzene rings is 3. The van der Waals surface area contributed by atoms with Crippen LogP contribution < -0.4 is 15.2 Å². The van der Waals surface area contributed by atoms with Crippen molar-refractivity contribution >= 4 is 15.7 Å². The molecule has 3 aromatic carbocycles. The average Bonchev–Trinajstić information content (AvgIpc) is 2.94. The summed E-state index contributed by atoms with van der Waals surface area (Å²) in [6, 6.07) is 23.2. The normalized spacial score (nSPS) is 14.5. The maximum atomic E-state index is 13.5. The lowest BCUT2D eigenvalue weighted by Crippen LogP contribution is -2.49. The lowest BCUT2D eigenvalue weighted by molar-refractivity contribution is 0.297. The first kappa shape index (κ1) is 24.7. The summed E-state index contributed by atoms with van der Waals surface area (Å²) >= 11 is 0. The number of hydrogen-bond donors (Lipinski definition) is 0. The fourth-order valence-electron chi connectivity index (χ4n) is 4.19. The van der Waals surface area contributed by atoms with E-state index in [0.29, 0.717) is 30.0 Å². The molecule has 1 aliphatic heterocycles. The third kappa shape index (κ3) is 5.25. The Bertz CT molecular complexity index is 1520. The lowest BCUT2D eigenvalue weighted by atomic mass is 10.2. The molecule has 0 bridgehead atoms. The first-order chi connectivity index (χ1) is 17.9. The molecule has 37 heavy (non-hydrogen) atoms. The highest BCUT2D eigenvalue weighted by molar-refractivity contribution is 7.89. The summed E-state index contributed by atoms with van der Waals surface area (Å²) < 4.78 is 48.1. The number of aromatic nitrogens is 2. The number of rotatable bonds is 7. The van der Waals surface area contributed by atoms with Crippen LogP contribution in [0.3, 0.4) is 0 Å². The van der Waals surface area contributed by atoms with E-state index >= 15 is 0 Å². The zero-order valence-electron chi connectivity index (χ0n) is 19.9. The molecule has 0 N–H and O–H groups in total. The first-order valence-corrected chi connectivity index (χ1v) is 13.2. The van der Waals surface area contributed by atoms with Crippen LogP contribution >= 0.6 is 0 Å². The summed E-state index contributed by atoms with van der Waals surface area (Å²) in [4.78, 5) is 15.7. The molecule has 10 heteroatoms. The molecule has 0 saturated carbocycles. The average molecular weight is 521 g/mol. The highest BCUT2D eigenvalue weighted by Gasteiger charge is 2.30. The number of sulfonamides is 1. The Hall–Kier alpha value is -4.02. The van der Waals surface area contributed by atoms with Crippen LogP contribution in [0.4, 0.5) is 10.1 Å². The minimum atomic E-state index is -3.62. The molecule has 1 fully saturated rings. The highest BCUT2D eigenvalue weighted by Crippen LogP contribution is 2.27. The van der Waals surface area contributed by atoms with Crippen molar-refractivity contribution in [2.24, 2.45) is 0 Å². The molecule has 1 aromatic heterocycles. The van der Waals surface area contributed by atoms with Gasteiger partial charge in [0.15, 0.2) is 0 Å². The third-order valence-corrected chi connectivity index (χ3v) is 8.09. The van der Waals surface area contributed by atoms with E-state index in [1.165, 1.54) is 21.1 Å². The van der Waals surface area contributed by atoms with Crippen molar-refractivity contribution in [3.8, 4) is 11.4 Å². The molecular weight excluding hydrogens is 495 g/mol. The fourth-order valence-corrected chi connectivity index (χ4v) is 5.63. The second-order valence-electron chi connectivity index (χ2n) is 8.53. The molecule has 0 spiro atoms. The molecule has 0 unspecified atom stereocenters. The number of piperazine rings is 1. The van der Waals surface area contributed by atoms with Gasteiger partial charge in [-0.3, -0.25) is 4.79 Å². The summed E-state index contributed by atoms with van der Waals surface area (Å²) in [6.07, 6.45) is 1.57. The van der Waals surface area contributed by atoms with Gasteiger partial charge in [-0.25, -0.2) is 12.8 Å². The Morgan fingerprint density at radius 2 is 1.46 bits per heavy atom. The van der Waals surface area contributed by atoms with Gasteiger partial charge in [-0.1, -0.05) is 48.5 Å². The molecule has 5 rings (SSSR count). The quantitative estimate of drug-likeness (QED) is 0.371. The minimum absolute atomic E-state index is 0.0592. The Morgan fingerprint density at radius 3 is 2.11 bits per heavy atom. The van der Waals surface area contributed by atoms with E-state index in [0.717, 1.165) is 0 Å². The molecular formula is C27H25FN4O4S. The van der Waals surface area contributed by atoms with Crippen LogP contribution in [-0.2, 0) is 16.6 Å². The second-order valence-corrected chi connectivity index (χ2v) is 10.5. The zero-order valence-corrected chi connectivity index (χ0v) is 20.7. The van der Waals surface area contributed by atoms with Gasteiger partial charge in [0.2, 0.25) is 15.8 Å². The van der Waals surface area contributed by atoms with Gasteiger partial charge in [0.1, 0.15) is 18.1 Å². The van der Waals surface area contributed by atoms with E-state index in [9.17, 15) is 17.6 Å². The van der Waals surface area contributed by atoms with Gasteiger partial charge in [-0.15, -0.1) is 0 Å². The Balaban J connectivity index is 1.42. The number of anilines is 1. The van der Waals surface area contributed by atoms with Crippen molar-refractivity contribution < 1.29 is 17.5 Å². The molecule has 0 amide bonds. The Labute approximate surface area is 214 Å². The zero-order chi connectivity index (χ0) is 25.8. The number of ether oxygens (including phenoxy) is 1. The SMILES string of the molecule is O=c1c(OCc2ccc(F)cc2)c(N2CCN(S(=O)(=O)c3ccccc3)CC2)cnn1-c1ccccc1. The molecule has 4 aromatic rings. The lowest BCUT2D eigenvalue weighted by Gasteiger charge is -2.35. The maximum absolute atomic E-state index is 13.5. The van der Waals surface area contributed by atoms with Gasteiger partial charge >= 0.3 is 5.56 Å². The van der Waals surface area contributed by atoms with Crippen molar-refractivity contribution in [3.63, 3.8) is 0 Å². The summed E-state index contributed by atoms with van der Waals surface area (Å²) in [6.45, 7) is 1.27. The van der Waals surface area contributed by atoms with Crippen LogP contribution in [0, 0.1) is 5.82 Å². The van der Waals surface area contributed by atoms with Gasteiger partial charge in [0.05, 0.1) is 16.8 Å². The van der Waals surface area contributed by atoms with Crippen molar-refractivity contribution in [1.82, 2.24) is 14.1 Å². The monoisotopic (exact) mass is 520 g/mol. The molecule has 0 atom stereocenters. The highest BCUT2D eigenvalue weighted by atomic mass is 32.2. The molecule has 8 nitrogen and oxygen atoms in total. The van der Waals surface area contributed by atoms with E-state index in [-0.39, 0.29) is 36.2 Å². The minimum Gasteiger partial charge on any atom is -0.481 e. The smallest absolute Gasteiger partial charge is 0.316 e. The summed E-state index contributed by atoms with van der Waals surface area (Å²) in [7, 11) is -3.62. The fraction of sp³-hybridized carbons (Fsp3) is 0.185. The Kier molecular flexibility index (Phi) is 7.02. The van der Waals surface area contributed by atoms with Crippen LogP contribution in [0.25, 0.3) is 5.69 Å². The van der Waals surface area contributed by atoms with Crippen LogP contribution in [0.1, 0.15) is 5.56 Å². The maximum Gasteiger partial charge on any atom is 0.316 e. The number of nitrogens with zero attached hydrogens (tertiary/aromatic N) is 4. The number of halogens is 1. The predicted octanol–water partition coefficient (Wildman–Crippen LogP) is 3.46. The van der Waals surface area contributed by atoms with Crippen LogP contribution in [0.2, 0.25) is 0 Å². The topological polar surface area (TPSA) is 84.7 Å². The number of para-hydroxylation sites is 1. The van der Waals surface area contributed by atoms with Gasteiger partial charge in [-0.05, 0) is 42.0 Å². The van der Waals surface area contributed by atoms with Gasteiger partial charge < -0.3 is 9.64 Å². The van der Waals surface area contributed by atoms with Crippen LogP contribution in [0.15, 0.2) is 101 Å². The van der Waals surface area contributed by atoms with Crippen molar-refractivity contribution in [1.29, 1.82) is 0 Å². The van der Waals surface area contributed by atoms with E-state index in [1.54, 1.807) is 60.8 Å². The predicted molar refractivity (Wildman–Crippen MR) is 138 cm³/mol. The van der Waals surface area contributed by atoms with E-state index in [1.807, 2.05) is 23.1 Å². The van der Waals surface area contributed by atoms with Gasteiger partial charge in [-0.2, -0.15) is 14.1 Å². The standard InChI is InChI=1S/C27H25FN4O4S/c28-22-13-11-21(12-14-22)20-36-26-25(19-29-32(27(26)33)23-7-3-1-4-8-23)30-15-17-31(18-16-30)37(34,35)24-9-5-2-6-10-24/h1-14,19H,15-18,20H2. The first-order valence-electron chi connectivity index (χ1n) is 11.8. The summed E-state index contributed by atoms with van der Waals surface area (Å²) in [5.41, 5.74) is 1.33.